The number of aromatic nitrogens is 2. The average molecular weight is 373 g/mol. The van der Waals surface area contributed by atoms with Gasteiger partial charge < -0.3 is 15.2 Å². The van der Waals surface area contributed by atoms with Crippen LogP contribution in [0.25, 0.3) is 11.1 Å². The normalized spacial score (nSPS) is 10.5. The lowest BCUT2D eigenvalue weighted by molar-refractivity contribution is 0.428. The fourth-order valence-electron chi connectivity index (χ4n) is 2.63. The molecule has 138 valence electrons. The van der Waals surface area contributed by atoms with E-state index >= 15 is 0 Å². The van der Waals surface area contributed by atoms with Gasteiger partial charge in [-0.2, -0.15) is 0 Å². The largest absolute Gasteiger partial charge is 0.457 e. The standard InChI is InChI=1S/C22H16FN3O2/c23-20-11-8-16(24)12-21(20)28-22-19(13-25-14-26-22)15-6-9-18(10-7-15)27-17-4-2-1-3-5-17/h1-14H,24H2. The molecule has 3 aromatic carbocycles. The van der Waals surface area contributed by atoms with Gasteiger partial charge in [0.1, 0.15) is 17.8 Å². The molecule has 0 saturated heterocycles. The molecule has 0 saturated carbocycles. The molecule has 2 N–H and O–H groups in total. The van der Waals surface area contributed by atoms with Gasteiger partial charge in [0.2, 0.25) is 5.88 Å². The van der Waals surface area contributed by atoms with Gasteiger partial charge in [-0.15, -0.1) is 0 Å². The van der Waals surface area contributed by atoms with Crippen LogP contribution in [0.2, 0.25) is 0 Å². The van der Waals surface area contributed by atoms with Crippen LogP contribution in [0.1, 0.15) is 0 Å². The molecular formula is C22H16FN3O2. The topological polar surface area (TPSA) is 70.3 Å². The van der Waals surface area contributed by atoms with Gasteiger partial charge in [-0.3, -0.25) is 0 Å². The van der Waals surface area contributed by atoms with Crippen LogP contribution in [0.15, 0.2) is 85.3 Å². The predicted octanol–water partition coefficient (Wildman–Crippen LogP) is 5.45. The molecule has 1 aromatic heterocycles. The molecule has 0 aliphatic rings. The van der Waals surface area contributed by atoms with E-state index in [0.29, 0.717) is 17.0 Å². The fourth-order valence-corrected chi connectivity index (χ4v) is 2.63. The van der Waals surface area contributed by atoms with Gasteiger partial charge in [0.15, 0.2) is 11.6 Å². The van der Waals surface area contributed by atoms with Crippen molar-refractivity contribution >= 4 is 5.69 Å². The second-order valence-electron chi connectivity index (χ2n) is 5.97. The number of nitrogen functional groups attached to an aromatic ring is 1. The van der Waals surface area contributed by atoms with Crippen LogP contribution in [-0.2, 0) is 0 Å². The molecule has 0 aliphatic carbocycles. The highest BCUT2D eigenvalue weighted by molar-refractivity contribution is 5.68. The zero-order valence-electron chi connectivity index (χ0n) is 14.7. The first-order valence-electron chi connectivity index (χ1n) is 8.55. The molecule has 1 heterocycles. The van der Waals surface area contributed by atoms with Gasteiger partial charge in [-0.25, -0.2) is 14.4 Å². The van der Waals surface area contributed by atoms with Crippen molar-refractivity contribution in [3.8, 4) is 34.3 Å². The Labute approximate surface area is 161 Å². The summed E-state index contributed by atoms with van der Waals surface area (Å²) < 4.78 is 25.5. The molecule has 0 aliphatic heterocycles. The summed E-state index contributed by atoms with van der Waals surface area (Å²) in [6, 6.07) is 21.0. The number of para-hydroxylation sites is 1. The van der Waals surface area contributed by atoms with E-state index in [0.717, 1.165) is 11.3 Å². The lowest BCUT2D eigenvalue weighted by Crippen LogP contribution is -1.96. The second kappa shape index (κ2) is 7.75. The van der Waals surface area contributed by atoms with Crippen LogP contribution in [0.4, 0.5) is 10.1 Å². The summed E-state index contributed by atoms with van der Waals surface area (Å²) in [4.78, 5) is 8.19. The quantitative estimate of drug-likeness (QED) is 0.471. The summed E-state index contributed by atoms with van der Waals surface area (Å²) in [7, 11) is 0. The Bertz CT molecular complexity index is 1090. The van der Waals surface area contributed by atoms with Crippen molar-refractivity contribution in [2.75, 3.05) is 5.73 Å². The molecule has 6 heteroatoms. The third-order valence-corrected chi connectivity index (χ3v) is 3.98. The lowest BCUT2D eigenvalue weighted by atomic mass is 10.1. The van der Waals surface area contributed by atoms with Crippen molar-refractivity contribution in [3.63, 3.8) is 0 Å². The third-order valence-electron chi connectivity index (χ3n) is 3.98. The predicted molar refractivity (Wildman–Crippen MR) is 105 cm³/mol. The van der Waals surface area contributed by atoms with E-state index in [4.69, 9.17) is 15.2 Å². The lowest BCUT2D eigenvalue weighted by Gasteiger charge is -2.11. The van der Waals surface area contributed by atoms with Crippen LogP contribution < -0.4 is 15.2 Å². The third kappa shape index (κ3) is 3.91. The van der Waals surface area contributed by atoms with E-state index in [-0.39, 0.29) is 11.6 Å². The van der Waals surface area contributed by atoms with E-state index in [1.807, 2.05) is 54.6 Å². The maximum absolute atomic E-state index is 14.0. The number of rotatable bonds is 5. The van der Waals surface area contributed by atoms with E-state index in [9.17, 15) is 4.39 Å². The molecule has 0 amide bonds. The molecule has 0 fully saturated rings. The van der Waals surface area contributed by atoms with Crippen molar-refractivity contribution < 1.29 is 13.9 Å². The summed E-state index contributed by atoms with van der Waals surface area (Å²) in [5.74, 6) is 1.15. The highest BCUT2D eigenvalue weighted by atomic mass is 19.1. The Morgan fingerprint density at radius 2 is 1.57 bits per heavy atom. The molecule has 0 bridgehead atoms. The summed E-state index contributed by atoms with van der Waals surface area (Å²) >= 11 is 0. The number of hydrogen-bond donors (Lipinski definition) is 1. The van der Waals surface area contributed by atoms with Gasteiger partial charge in [0.25, 0.3) is 0 Å². The molecule has 0 atom stereocenters. The number of nitrogens with zero attached hydrogens (tertiary/aromatic N) is 2. The van der Waals surface area contributed by atoms with Crippen LogP contribution in [-0.4, -0.2) is 9.97 Å². The van der Waals surface area contributed by atoms with Gasteiger partial charge in [-0.1, -0.05) is 30.3 Å². The minimum atomic E-state index is -0.523. The molecule has 0 spiro atoms. The Balaban J connectivity index is 1.60. The molecule has 0 unspecified atom stereocenters. The highest BCUT2D eigenvalue weighted by Gasteiger charge is 2.12. The number of halogens is 1. The van der Waals surface area contributed by atoms with Gasteiger partial charge in [-0.05, 0) is 42.0 Å². The minimum Gasteiger partial charge on any atom is -0.457 e. The molecule has 0 radical (unpaired) electrons. The van der Waals surface area contributed by atoms with E-state index in [1.54, 1.807) is 6.20 Å². The summed E-state index contributed by atoms with van der Waals surface area (Å²) in [5.41, 5.74) is 7.54. The summed E-state index contributed by atoms with van der Waals surface area (Å²) in [6.45, 7) is 0. The highest BCUT2D eigenvalue weighted by Crippen LogP contribution is 2.33. The second-order valence-corrected chi connectivity index (χ2v) is 5.97. The maximum atomic E-state index is 14.0. The van der Waals surface area contributed by atoms with Crippen molar-refractivity contribution in [1.82, 2.24) is 9.97 Å². The molecule has 4 rings (SSSR count). The first kappa shape index (κ1) is 17.5. The van der Waals surface area contributed by atoms with Crippen LogP contribution >= 0.6 is 0 Å². The number of hydrogen-bond acceptors (Lipinski definition) is 5. The SMILES string of the molecule is Nc1ccc(F)c(Oc2ncncc2-c2ccc(Oc3ccccc3)cc2)c1. The summed E-state index contributed by atoms with van der Waals surface area (Å²) in [5, 5.41) is 0. The minimum absolute atomic E-state index is 0.00369. The smallest absolute Gasteiger partial charge is 0.230 e. The Kier molecular flexibility index (Phi) is 4.84. The van der Waals surface area contributed by atoms with Crippen LogP contribution in [0.3, 0.4) is 0 Å². The zero-order chi connectivity index (χ0) is 19.3. The van der Waals surface area contributed by atoms with Crippen molar-refractivity contribution in [2.45, 2.75) is 0 Å². The number of ether oxygens (including phenoxy) is 2. The zero-order valence-corrected chi connectivity index (χ0v) is 14.7. The van der Waals surface area contributed by atoms with Crippen LogP contribution in [0, 0.1) is 5.82 Å². The average Bonchev–Trinajstić information content (AvgIpc) is 2.73. The van der Waals surface area contributed by atoms with Crippen molar-refractivity contribution in [1.29, 1.82) is 0 Å². The monoisotopic (exact) mass is 373 g/mol. The van der Waals surface area contributed by atoms with Crippen molar-refractivity contribution in [3.05, 3.63) is 91.1 Å². The van der Waals surface area contributed by atoms with Crippen LogP contribution in [0.5, 0.6) is 23.1 Å². The molecule has 28 heavy (non-hydrogen) atoms. The molecule has 4 aromatic rings. The fraction of sp³-hybridized carbons (Fsp3) is 0. The molecule has 5 nitrogen and oxygen atoms in total. The Morgan fingerprint density at radius 3 is 2.36 bits per heavy atom. The first-order valence-corrected chi connectivity index (χ1v) is 8.55. The van der Waals surface area contributed by atoms with Crippen molar-refractivity contribution in [2.24, 2.45) is 0 Å². The number of nitrogens with two attached hydrogens (primary N) is 1. The number of anilines is 1. The van der Waals surface area contributed by atoms with E-state index in [1.165, 1.54) is 24.5 Å². The Morgan fingerprint density at radius 1 is 0.821 bits per heavy atom. The van der Waals surface area contributed by atoms with Gasteiger partial charge >= 0.3 is 0 Å². The van der Waals surface area contributed by atoms with E-state index < -0.39 is 5.82 Å². The number of benzene rings is 3. The van der Waals surface area contributed by atoms with Gasteiger partial charge in [0.05, 0.1) is 5.56 Å². The molecular weight excluding hydrogens is 357 g/mol. The summed E-state index contributed by atoms with van der Waals surface area (Å²) in [6.07, 6.45) is 2.95. The first-order chi connectivity index (χ1) is 13.7. The maximum Gasteiger partial charge on any atom is 0.230 e. The van der Waals surface area contributed by atoms with E-state index in [2.05, 4.69) is 9.97 Å². The van der Waals surface area contributed by atoms with Gasteiger partial charge in [0, 0.05) is 18.0 Å². The Hall–Kier alpha value is -3.93.